The molecule has 25 heavy (non-hydrogen) atoms. The first-order valence-corrected chi connectivity index (χ1v) is 9.29. The molecular formula is C21H26ClNO2. The fourth-order valence-electron chi connectivity index (χ4n) is 3.64. The Bertz CT molecular complexity index is 666. The van der Waals surface area contributed by atoms with Crippen molar-refractivity contribution in [3.8, 4) is 0 Å². The number of hydrogen-bond acceptors (Lipinski definition) is 3. The lowest BCUT2D eigenvalue weighted by Crippen LogP contribution is -2.49. The van der Waals surface area contributed by atoms with Crippen molar-refractivity contribution in [2.24, 2.45) is 0 Å². The largest absolute Gasteiger partial charge is 0.389 e. The third kappa shape index (κ3) is 4.62. The van der Waals surface area contributed by atoms with Crippen LogP contribution in [-0.2, 0) is 6.42 Å². The predicted octanol–water partition coefficient (Wildman–Crippen LogP) is 3.83. The molecule has 2 N–H and O–H groups in total. The zero-order valence-corrected chi connectivity index (χ0v) is 15.4. The van der Waals surface area contributed by atoms with Crippen LogP contribution >= 0.6 is 11.6 Å². The number of nitrogens with zero attached hydrogens (tertiary/aromatic N) is 1. The summed E-state index contributed by atoms with van der Waals surface area (Å²) in [6.45, 7) is 3.62. The van der Waals surface area contributed by atoms with Crippen molar-refractivity contribution >= 4 is 11.6 Å². The van der Waals surface area contributed by atoms with Gasteiger partial charge < -0.3 is 10.2 Å². The Labute approximate surface area is 154 Å². The lowest BCUT2D eigenvalue weighted by molar-refractivity contribution is -0.0456. The number of benzene rings is 2. The average molecular weight is 360 g/mol. The van der Waals surface area contributed by atoms with Crippen molar-refractivity contribution in [3.05, 3.63) is 70.7 Å². The number of aliphatic hydroxyl groups excluding tert-OH is 1. The summed E-state index contributed by atoms with van der Waals surface area (Å²) in [5, 5.41) is 22.2. The van der Waals surface area contributed by atoms with E-state index < -0.39 is 11.7 Å². The molecule has 0 aliphatic carbocycles. The fraction of sp³-hybridized carbons (Fsp3) is 0.429. The van der Waals surface area contributed by atoms with Crippen LogP contribution in [0.1, 0.15) is 37.0 Å². The monoisotopic (exact) mass is 359 g/mol. The number of likely N-dealkylation sites (tertiary alicyclic amines) is 1. The minimum absolute atomic E-state index is 0.00227. The smallest absolute Gasteiger partial charge is 0.0942 e. The third-order valence-electron chi connectivity index (χ3n) is 5.35. The molecule has 2 unspecified atom stereocenters. The SMILES string of the molecule is CC(C(O)c1ccc(Cl)cc1)N1CCC(O)(Cc2ccccc2)CC1. The predicted molar refractivity (Wildman–Crippen MR) is 102 cm³/mol. The molecule has 0 radical (unpaired) electrons. The molecule has 2 atom stereocenters. The van der Waals surface area contributed by atoms with Gasteiger partial charge in [-0.25, -0.2) is 0 Å². The van der Waals surface area contributed by atoms with Crippen molar-refractivity contribution in [3.63, 3.8) is 0 Å². The highest BCUT2D eigenvalue weighted by molar-refractivity contribution is 6.30. The summed E-state index contributed by atoms with van der Waals surface area (Å²) >= 11 is 5.92. The quantitative estimate of drug-likeness (QED) is 0.852. The lowest BCUT2D eigenvalue weighted by atomic mass is 9.84. The summed E-state index contributed by atoms with van der Waals surface area (Å²) in [5.74, 6) is 0. The van der Waals surface area contributed by atoms with Crippen molar-refractivity contribution in [2.45, 2.75) is 43.9 Å². The van der Waals surface area contributed by atoms with E-state index in [1.54, 1.807) is 0 Å². The van der Waals surface area contributed by atoms with Gasteiger partial charge in [0.2, 0.25) is 0 Å². The van der Waals surface area contributed by atoms with E-state index in [1.165, 1.54) is 5.56 Å². The van der Waals surface area contributed by atoms with Gasteiger partial charge in [-0.3, -0.25) is 4.90 Å². The topological polar surface area (TPSA) is 43.7 Å². The molecule has 0 spiro atoms. The standard InChI is InChI=1S/C21H26ClNO2/c1-16(20(24)18-7-9-19(22)10-8-18)23-13-11-21(25,12-14-23)15-17-5-3-2-4-6-17/h2-10,16,20,24-25H,11-15H2,1H3. The maximum Gasteiger partial charge on any atom is 0.0942 e. The highest BCUT2D eigenvalue weighted by atomic mass is 35.5. The molecule has 2 aromatic carbocycles. The van der Waals surface area contributed by atoms with E-state index in [-0.39, 0.29) is 6.04 Å². The second-order valence-electron chi connectivity index (χ2n) is 7.16. The summed E-state index contributed by atoms with van der Waals surface area (Å²) in [6, 6.07) is 17.5. The maximum atomic E-state index is 10.9. The molecule has 2 aromatic rings. The Morgan fingerprint density at radius 1 is 1.04 bits per heavy atom. The van der Waals surface area contributed by atoms with E-state index in [9.17, 15) is 10.2 Å². The van der Waals surface area contributed by atoms with Gasteiger partial charge in [0.1, 0.15) is 0 Å². The molecule has 1 fully saturated rings. The third-order valence-corrected chi connectivity index (χ3v) is 5.60. The molecule has 1 aliphatic heterocycles. The molecule has 1 saturated heterocycles. The zero-order valence-electron chi connectivity index (χ0n) is 14.6. The molecule has 4 heteroatoms. The van der Waals surface area contributed by atoms with Crippen LogP contribution in [0, 0.1) is 0 Å². The lowest BCUT2D eigenvalue weighted by Gasteiger charge is -2.42. The molecule has 0 amide bonds. The van der Waals surface area contributed by atoms with Crippen LogP contribution in [0.3, 0.4) is 0 Å². The summed E-state index contributed by atoms with van der Waals surface area (Å²) in [5.41, 5.74) is 1.40. The van der Waals surface area contributed by atoms with Gasteiger partial charge in [-0.15, -0.1) is 0 Å². The van der Waals surface area contributed by atoms with Crippen molar-refractivity contribution in [2.75, 3.05) is 13.1 Å². The minimum atomic E-state index is -0.650. The average Bonchev–Trinajstić information content (AvgIpc) is 2.62. The molecule has 134 valence electrons. The van der Waals surface area contributed by atoms with Gasteiger partial charge in [-0.2, -0.15) is 0 Å². The first kappa shape index (κ1) is 18.4. The normalized spacial score (nSPS) is 20.2. The van der Waals surface area contributed by atoms with Crippen molar-refractivity contribution in [1.82, 2.24) is 4.90 Å². The first-order valence-electron chi connectivity index (χ1n) is 8.91. The van der Waals surface area contributed by atoms with Crippen LogP contribution in [0.15, 0.2) is 54.6 Å². The van der Waals surface area contributed by atoms with Gasteiger partial charge in [0.25, 0.3) is 0 Å². The molecule has 0 saturated carbocycles. The Morgan fingerprint density at radius 2 is 1.64 bits per heavy atom. The summed E-state index contributed by atoms with van der Waals surface area (Å²) in [6.07, 6.45) is 1.58. The Balaban J connectivity index is 1.58. The summed E-state index contributed by atoms with van der Waals surface area (Å²) in [7, 11) is 0. The van der Waals surface area contributed by atoms with E-state index in [0.717, 1.165) is 31.5 Å². The zero-order chi connectivity index (χ0) is 17.9. The second kappa shape index (κ2) is 7.88. The van der Waals surface area contributed by atoms with Crippen molar-refractivity contribution in [1.29, 1.82) is 0 Å². The number of piperidine rings is 1. The Morgan fingerprint density at radius 3 is 2.24 bits per heavy atom. The minimum Gasteiger partial charge on any atom is -0.389 e. The van der Waals surface area contributed by atoms with Gasteiger partial charge in [-0.1, -0.05) is 54.1 Å². The molecular weight excluding hydrogens is 334 g/mol. The first-order chi connectivity index (χ1) is 12.0. The van der Waals surface area contributed by atoms with E-state index >= 15 is 0 Å². The number of hydrogen-bond donors (Lipinski definition) is 2. The maximum absolute atomic E-state index is 10.9. The van der Waals surface area contributed by atoms with Crippen molar-refractivity contribution < 1.29 is 10.2 Å². The van der Waals surface area contributed by atoms with E-state index in [4.69, 9.17) is 11.6 Å². The van der Waals surface area contributed by atoms with Gasteiger partial charge >= 0.3 is 0 Å². The number of aliphatic hydroxyl groups is 2. The van der Waals surface area contributed by atoms with Gasteiger partial charge in [-0.05, 0) is 43.0 Å². The second-order valence-corrected chi connectivity index (χ2v) is 7.60. The van der Waals surface area contributed by atoms with Crippen LogP contribution in [0.25, 0.3) is 0 Å². The molecule has 1 heterocycles. The summed E-state index contributed by atoms with van der Waals surface area (Å²) in [4.78, 5) is 2.26. The van der Waals surface area contributed by atoms with E-state index in [0.29, 0.717) is 11.4 Å². The fourth-order valence-corrected chi connectivity index (χ4v) is 3.76. The summed E-state index contributed by atoms with van der Waals surface area (Å²) < 4.78 is 0. The molecule has 0 bridgehead atoms. The highest BCUT2D eigenvalue weighted by Crippen LogP contribution is 2.30. The van der Waals surface area contributed by atoms with Crippen LogP contribution < -0.4 is 0 Å². The van der Waals surface area contributed by atoms with Crippen LogP contribution in [0.4, 0.5) is 0 Å². The molecule has 0 aromatic heterocycles. The van der Waals surface area contributed by atoms with Gasteiger partial charge in [0, 0.05) is 30.6 Å². The highest BCUT2D eigenvalue weighted by Gasteiger charge is 2.35. The molecule has 1 aliphatic rings. The molecule has 3 rings (SSSR count). The Hall–Kier alpha value is -1.39. The Kier molecular flexibility index (Phi) is 5.80. The van der Waals surface area contributed by atoms with Gasteiger partial charge in [0.05, 0.1) is 11.7 Å². The van der Waals surface area contributed by atoms with Gasteiger partial charge in [0.15, 0.2) is 0 Å². The molecule has 3 nitrogen and oxygen atoms in total. The number of rotatable bonds is 5. The van der Waals surface area contributed by atoms with E-state index in [2.05, 4.69) is 17.0 Å². The van der Waals surface area contributed by atoms with Crippen LogP contribution in [-0.4, -0.2) is 39.8 Å². The van der Waals surface area contributed by atoms with E-state index in [1.807, 2.05) is 49.4 Å². The van der Waals surface area contributed by atoms with Crippen LogP contribution in [0.2, 0.25) is 5.02 Å². The number of halogens is 1. The van der Waals surface area contributed by atoms with Crippen LogP contribution in [0.5, 0.6) is 0 Å².